The van der Waals surface area contributed by atoms with Gasteiger partial charge in [-0.1, -0.05) is 15.9 Å². The molecule has 0 bridgehead atoms. The SMILES string of the molecule is COC(=O)Nc1ccc(Br)cc1NC(=O)OC. The van der Waals surface area contributed by atoms with Crippen molar-refractivity contribution in [2.24, 2.45) is 0 Å². The van der Waals surface area contributed by atoms with Gasteiger partial charge in [-0.15, -0.1) is 0 Å². The van der Waals surface area contributed by atoms with Gasteiger partial charge in [-0.05, 0) is 18.2 Å². The number of carbonyl (C=O) groups is 2. The minimum atomic E-state index is -0.629. The van der Waals surface area contributed by atoms with Crippen molar-refractivity contribution in [3.63, 3.8) is 0 Å². The maximum Gasteiger partial charge on any atom is 0.411 e. The second kappa shape index (κ2) is 6.09. The van der Waals surface area contributed by atoms with Crippen LogP contribution in [0.3, 0.4) is 0 Å². The molecule has 0 aliphatic heterocycles. The van der Waals surface area contributed by atoms with E-state index in [0.29, 0.717) is 11.4 Å². The lowest BCUT2D eigenvalue weighted by atomic mass is 10.2. The van der Waals surface area contributed by atoms with E-state index in [9.17, 15) is 9.59 Å². The van der Waals surface area contributed by atoms with Crippen molar-refractivity contribution in [2.45, 2.75) is 0 Å². The average Bonchev–Trinajstić information content (AvgIpc) is 2.32. The lowest BCUT2D eigenvalue weighted by Gasteiger charge is -2.11. The lowest BCUT2D eigenvalue weighted by Crippen LogP contribution is -2.16. The monoisotopic (exact) mass is 302 g/mol. The highest BCUT2D eigenvalue weighted by molar-refractivity contribution is 9.10. The summed E-state index contributed by atoms with van der Waals surface area (Å²) in [6.45, 7) is 0. The molecule has 0 aromatic heterocycles. The molecule has 1 aromatic rings. The highest BCUT2D eigenvalue weighted by atomic mass is 79.9. The highest BCUT2D eigenvalue weighted by Crippen LogP contribution is 2.26. The standard InChI is InChI=1S/C10H11BrN2O4/c1-16-9(14)12-7-4-3-6(11)5-8(7)13-10(15)17-2/h3-5H,1-2H3,(H,12,14)(H,13,15). The molecule has 0 atom stereocenters. The van der Waals surface area contributed by atoms with Crippen LogP contribution >= 0.6 is 15.9 Å². The first-order chi connectivity index (χ1) is 8.06. The zero-order chi connectivity index (χ0) is 12.8. The van der Waals surface area contributed by atoms with Gasteiger partial charge >= 0.3 is 12.2 Å². The molecule has 2 amide bonds. The third-order valence-corrected chi connectivity index (χ3v) is 2.32. The molecule has 0 heterocycles. The van der Waals surface area contributed by atoms with Crippen molar-refractivity contribution in [3.8, 4) is 0 Å². The predicted octanol–water partition coefficient (Wildman–Crippen LogP) is 2.81. The molecule has 1 aromatic carbocycles. The van der Waals surface area contributed by atoms with Gasteiger partial charge < -0.3 is 9.47 Å². The second-order valence-corrected chi connectivity index (χ2v) is 3.84. The summed E-state index contributed by atoms with van der Waals surface area (Å²) in [6.07, 6.45) is -1.25. The maximum atomic E-state index is 11.1. The van der Waals surface area contributed by atoms with Crippen LogP contribution in [0.15, 0.2) is 22.7 Å². The van der Waals surface area contributed by atoms with E-state index in [1.54, 1.807) is 18.2 Å². The number of halogens is 1. The molecule has 0 radical (unpaired) electrons. The number of rotatable bonds is 2. The van der Waals surface area contributed by atoms with Crippen molar-refractivity contribution in [1.29, 1.82) is 0 Å². The summed E-state index contributed by atoms with van der Waals surface area (Å²) in [4.78, 5) is 22.2. The topological polar surface area (TPSA) is 76.7 Å². The molecule has 0 aliphatic carbocycles. The Morgan fingerprint density at radius 1 is 1.06 bits per heavy atom. The van der Waals surface area contributed by atoms with Crippen LogP contribution in [-0.4, -0.2) is 26.4 Å². The van der Waals surface area contributed by atoms with E-state index in [0.717, 1.165) is 4.47 Å². The number of hydrogen-bond donors (Lipinski definition) is 2. The molecule has 0 aliphatic rings. The molecule has 17 heavy (non-hydrogen) atoms. The van der Waals surface area contributed by atoms with Crippen LogP contribution in [0.1, 0.15) is 0 Å². The fourth-order valence-electron chi connectivity index (χ4n) is 1.05. The van der Waals surface area contributed by atoms with Crippen molar-refractivity contribution in [3.05, 3.63) is 22.7 Å². The van der Waals surface area contributed by atoms with Crippen LogP contribution in [0, 0.1) is 0 Å². The zero-order valence-electron chi connectivity index (χ0n) is 9.24. The van der Waals surface area contributed by atoms with Crippen molar-refractivity contribution in [2.75, 3.05) is 24.9 Å². The Bertz CT molecular complexity index is 436. The van der Waals surface area contributed by atoms with Crippen molar-refractivity contribution >= 4 is 39.5 Å². The van der Waals surface area contributed by atoms with Crippen LogP contribution in [0.2, 0.25) is 0 Å². The predicted molar refractivity (Wildman–Crippen MR) is 66.2 cm³/mol. The largest absolute Gasteiger partial charge is 0.453 e. The molecule has 0 spiro atoms. The molecule has 0 saturated carbocycles. The number of carbonyl (C=O) groups excluding carboxylic acids is 2. The fraction of sp³-hybridized carbons (Fsp3) is 0.200. The first-order valence-electron chi connectivity index (χ1n) is 4.56. The van der Waals surface area contributed by atoms with Gasteiger partial charge in [-0.25, -0.2) is 9.59 Å². The first kappa shape index (κ1) is 13.3. The Kier molecular flexibility index (Phi) is 4.77. The highest BCUT2D eigenvalue weighted by Gasteiger charge is 2.10. The summed E-state index contributed by atoms with van der Waals surface area (Å²) in [5.74, 6) is 0. The molecule has 0 saturated heterocycles. The number of ether oxygens (including phenoxy) is 2. The van der Waals surface area contributed by atoms with Gasteiger partial charge in [-0.3, -0.25) is 10.6 Å². The van der Waals surface area contributed by atoms with Crippen LogP contribution < -0.4 is 10.6 Å². The summed E-state index contributed by atoms with van der Waals surface area (Å²) >= 11 is 3.26. The summed E-state index contributed by atoms with van der Waals surface area (Å²) < 4.78 is 9.69. The van der Waals surface area contributed by atoms with Crippen LogP contribution in [-0.2, 0) is 9.47 Å². The number of methoxy groups -OCH3 is 2. The zero-order valence-corrected chi connectivity index (χ0v) is 10.8. The van der Waals surface area contributed by atoms with Crippen LogP contribution in [0.4, 0.5) is 21.0 Å². The Hall–Kier alpha value is -1.76. The van der Waals surface area contributed by atoms with Crippen molar-refractivity contribution in [1.82, 2.24) is 0 Å². The third kappa shape index (κ3) is 3.95. The van der Waals surface area contributed by atoms with Gasteiger partial charge in [-0.2, -0.15) is 0 Å². The molecule has 0 unspecified atom stereocenters. The Morgan fingerprint density at radius 2 is 1.59 bits per heavy atom. The van der Waals surface area contributed by atoms with E-state index in [4.69, 9.17) is 0 Å². The van der Waals surface area contributed by atoms with Gasteiger partial charge in [0.2, 0.25) is 0 Å². The van der Waals surface area contributed by atoms with Gasteiger partial charge in [0.1, 0.15) is 0 Å². The maximum absolute atomic E-state index is 11.1. The number of benzene rings is 1. The van der Waals surface area contributed by atoms with Gasteiger partial charge in [0.05, 0.1) is 25.6 Å². The van der Waals surface area contributed by atoms with E-state index in [1.165, 1.54) is 14.2 Å². The number of anilines is 2. The quantitative estimate of drug-likeness (QED) is 0.880. The molecule has 6 nitrogen and oxygen atoms in total. The average molecular weight is 303 g/mol. The van der Waals surface area contributed by atoms with E-state index in [-0.39, 0.29) is 0 Å². The van der Waals surface area contributed by atoms with Gasteiger partial charge in [0.15, 0.2) is 0 Å². The number of nitrogens with one attached hydrogen (secondary N) is 2. The van der Waals surface area contributed by atoms with Gasteiger partial charge in [0.25, 0.3) is 0 Å². The van der Waals surface area contributed by atoms with Gasteiger partial charge in [0, 0.05) is 4.47 Å². The minimum absolute atomic E-state index is 0.400. The Morgan fingerprint density at radius 3 is 2.12 bits per heavy atom. The second-order valence-electron chi connectivity index (χ2n) is 2.92. The third-order valence-electron chi connectivity index (χ3n) is 1.83. The normalized spacial score (nSPS) is 9.35. The summed E-state index contributed by atoms with van der Waals surface area (Å²) in [5.41, 5.74) is 0.807. The molecule has 92 valence electrons. The smallest absolute Gasteiger partial charge is 0.411 e. The molecule has 2 N–H and O–H groups in total. The summed E-state index contributed by atoms with van der Waals surface area (Å²) in [7, 11) is 2.50. The van der Waals surface area contributed by atoms with Crippen LogP contribution in [0.5, 0.6) is 0 Å². The minimum Gasteiger partial charge on any atom is -0.453 e. The first-order valence-corrected chi connectivity index (χ1v) is 5.35. The summed E-state index contributed by atoms with van der Waals surface area (Å²) in [5, 5.41) is 4.93. The number of hydrogen-bond acceptors (Lipinski definition) is 4. The Labute approximate surface area is 106 Å². The molecule has 1 rings (SSSR count). The molecule has 7 heteroatoms. The number of amides is 2. The fourth-order valence-corrected chi connectivity index (χ4v) is 1.41. The molecular weight excluding hydrogens is 292 g/mol. The van der Waals surface area contributed by atoms with E-state index >= 15 is 0 Å². The molecule has 0 fully saturated rings. The Balaban J connectivity index is 2.95. The summed E-state index contributed by atoms with van der Waals surface area (Å²) in [6, 6.07) is 4.96. The van der Waals surface area contributed by atoms with Crippen molar-refractivity contribution < 1.29 is 19.1 Å². The lowest BCUT2D eigenvalue weighted by molar-refractivity contribution is 0.185. The van der Waals surface area contributed by atoms with E-state index in [1.807, 2.05) is 0 Å². The van der Waals surface area contributed by atoms with E-state index in [2.05, 4.69) is 36.0 Å². The van der Waals surface area contributed by atoms with Crippen LogP contribution in [0.25, 0.3) is 0 Å². The van der Waals surface area contributed by atoms with E-state index < -0.39 is 12.2 Å². The molecular formula is C10H11BrN2O4.